The molecule has 1 saturated heterocycles. The van der Waals surface area contributed by atoms with Crippen molar-refractivity contribution in [3.8, 4) is 0 Å². The largest absolute Gasteiger partial charge is 0.381 e. The smallest absolute Gasteiger partial charge is 0.254 e. The zero-order valence-electron chi connectivity index (χ0n) is 19.0. The fourth-order valence-electron chi connectivity index (χ4n) is 5.78. The summed E-state index contributed by atoms with van der Waals surface area (Å²) >= 11 is 0. The lowest BCUT2D eigenvalue weighted by molar-refractivity contribution is -0.139. The molecule has 8 nitrogen and oxygen atoms in total. The number of carbonyl (C=O) groups excluding carboxylic acids is 2. The molecule has 0 unspecified atom stereocenters. The number of hydrogen-bond acceptors (Lipinski definition) is 5. The van der Waals surface area contributed by atoms with Crippen LogP contribution in [0.1, 0.15) is 74.4 Å². The van der Waals surface area contributed by atoms with Crippen LogP contribution in [-0.2, 0) is 27.3 Å². The molecule has 32 heavy (non-hydrogen) atoms. The van der Waals surface area contributed by atoms with E-state index in [1.54, 1.807) is 7.11 Å². The Bertz CT molecular complexity index is 940. The lowest BCUT2D eigenvalue weighted by atomic mass is 9.84. The fourth-order valence-corrected chi connectivity index (χ4v) is 5.78. The number of nitrogens with zero attached hydrogens (tertiary/aromatic N) is 3. The minimum absolute atomic E-state index is 0.0362. The topological polar surface area (TPSA) is 95.6 Å². The highest BCUT2D eigenvalue weighted by Gasteiger charge is 2.36. The monoisotopic (exact) mass is 442 g/mol. The maximum Gasteiger partial charge on any atom is 0.254 e. The first kappa shape index (κ1) is 21.6. The van der Waals surface area contributed by atoms with Gasteiger partial charge in [-0.25, -0.2) is 4.98 Å². The van der Waals surface area contributed by atoms with Crippen molar-refractivity contribution in [2.45, 2.75) is 76.4 Å². The van der Waals surface area contributed by atoms with Crippen molar-refractivity contribution in [3.05, 3.63) is 27.4 Å². The second-order valence-corrected chi connectivity index (χ2v) is 10.0. The van der Waals surface area contributed by atoms with E-state index in [4.69, 9.17) is 9.72 Å². The van der Waals surface area contributed by atoms with E-state index in [1.165, 1.54) is 0 Å². The standard InChI is InChI=1S/C24H34N4O4/c1-32-18-7-3-6-16(12-18)24(31)27-10-8-17(13-27)21-25-20-14-28(23(30)15-4-2-5-15)11-9-19(20)22(29)26-21/h15-18H,2-14H2,1H3,(H,25,26,29)/t16-,17-,18-/m1/s1. The van der Waals surface area contributed by atoms with Gasteiger partial charge >= 0.3 is 0 Å². The normalized spacial score (nSPS) is 28.3. The van der Waals surface area contributed by atoms with Gasteiger partial charge in [0.1, 0.15) is 5.82 Å². The molecule has 1 aromatic heterocycles. The second kappa shape index (κ2) is 8.96. The Hall–Kier alpha value is -2.22. The number of aromatic amines is 1. The Morgan fingerprint density at radius 2 is 1.75 bits per heavy atom. The second-order valence-electron chi connectivity index (χ2n) is 10.0. The van der Waals surface area contributed by atoms with E-state index in [2.05, 4.69) is 4.98 Å². The SMILES string of the molecule is CO[C@@H]1CCC[C@@H](C(=O)N2CC[C@@H](c3nc4c(c(=O)[nH]3)CCN(C(=O)C3CCC3)C4)C2)C1. The molecule has 0 spiro atoms. The van der Waals surface area contributed by atoms with Gasteiger partial charge in [0, 0.05) is 50.1 Å². The third-order valence-electron chi connectivity index (χ3n) is 8.05. The van der Waals surface area contributed by atoms with Crippen LogP contribution in [0.25, 0.3) is 0 Å². The molecule has 0 bridgehead atoms. The molecule has 2 aliphatic carbocycles. The van der Waals surface area contributed by atoms with Gasteiger partial charge in [0.15, 0.2) is 0 Å². The number of amides is 2. The lowest BCUT2D eigenvalue weighted by Gasteiger charge is -2.34. The van der Waals surface area contributed by atoms with Gasteiger partial charge in [0.2, 0.25) is 11.8 Å². The minimum Gasteiger partial charge on any atom is -0.381 e. The minimum atomic E-state index is -0.0827. The van der Waals surface area contributed by atoms with E-state index in [0.717, 1.165) is 57.1 Å². The van der Waals surface area contributed by atoms with Crippen molar-refractivity contribution in [2.24, 2.45) is 11.8 Å². The number of rotatable bonds is 4. The van der Waals surface area contributed by atoms with Gasteiger partial charge in [0.05, 0.1) is 18.3 Å². The number of fused-ring (bicyclic) bond motifs is 1. The van der Waals surface area contributed by atoms with Crippen molar-refractivity contribution in [2.75, 3.05) is 26.7 Å². The van der Waals surface area contributed by atoms with Crippen LogP contribution in [0.4, 0.5) is 0 Å². The molecule has 0 aromatic carbocycles. The quantitative estimate of drug-likeness (QED) is 0.769. The summed E-state index contributed by atoms with van der Waals surface area (Å²) in [4.78, 5) is 50.2. The highest BCUT2D eigenvalue weighted by atomic mass is 16.5. The van der Waals surface area contributed by atoms with Crippen molar-refractivity contribution in [1.82, 2.24) is 19.8 Å². The summed E-state index contributed by atoms with van der Waals surface area (Å²) in [7, 11) is 1.72. The summed E-state index contributed by atoms with van der Waals surface area (Å²) in [5.74, 6) is 1.33. The number of aromatic nitrogens is 2. The van der Waals surface area contributed by atoms with Crippen molar-refractivity contribution < 1.29 is 14.3 Å². The highest BCUT2D eigenvalue weighted by molar-refractivity contribution is 5.80. The summed E-state index contributed by atoms with van der Waals surface area (Å²) in [5, 5.41) is 0. The number of likely N-dealkylation sites (tertiary alicyclic amines) is 1. The Balaban J connectivity index is 1.27. The Morgan fingerprint density at radius 3 is 2.50 bits per heavy atom. The van der Waals surface area contributed by atoms with Crippen LogP contribution in [0.3, 0.4) is 0 Å². The van der Waals surface area contributed by atoms with Crippen molar-refractivity contribution in [3.63, 3.8) is 0 Å². The van der Waals surface area contributed by atoms with Gasteiger partial charge < -0.3 is 19.5 Å². The van der Waals surface area contributed by atoms with E-state index in [0.29, 0.717) is 44.0 Å². The van der Waals surface area contributed by atoms with E-state index >= 15 is 0 Å². The predicted octanol–water partition coefficient (Wildman–Crippen LogP) is 1.98. The van der Waals surface area contributed by atoms with Gasteiger partial charge in [-0.1, -0.05) is 12.8 Å². The van der Waals surface area contributed by atoms with Crippen LogP contribution < -0.4 is 5.56 Å². The van der Waals surface area contributed by atoms with E-state index in [1.807, 2.05) is 9.80 Å². The van der Waals surface area contributed by atoms with Gasteiger partial charge in [0.25, 0.3) is 5.56 Å². The molecular weight excluding hydrogens is 408 g/mol. The third kappa shape index (κ3) is 4.09. The Labute approximate surface area is 188 Å². The molecule has 4 aliphatic rings. The first-order chi connectivity index (χ1) is 15.5. The van der Waals surface area contributed by atoms with Crippen LogP contribution in [-0.4, -0.2) is 64.4 Å². The molecule has 1 aromatic rings. The Morgan fingerprint density at radius 1 is 1.00 bits per heavy atom. The number of carbonyl (C=O) groups is 2. The molecule has 3 fully saturated rings. The molecule has 174 valence electrons. The molecule has 2 saturated carbocycles. The van der Waals surface area contributed by atoms with E-state index in [9.17, 15) is 14.4 Å². The molecule has 3 atom stereocenters. The maximum absolute atomic E-state index is 13.1. The first-order valence-corrected chi connectivity index (χ1v) is 12.3. The number of nitrogens with one attached hydrogen (secondary N) is 1. The average molecular weight is 443 g/mol. The van der Waals surface area contributed by atoms with Crippen LogP contribution in [0.2, 0.25) is 0 Å². The zero-order valence-corrected chi connectivity index (χ0v) is 19.0. The molecule has 5 rings (SSSR count). The molecule has 8 heteroatoms. The van der Waals surface area contributed by atoms with E-state index < -0.39 is 0 Å². The van der Waals surface area contributed by atoms with Gasteiger partial charge in [-0.15, -0.1) is 0 Å². The lowest BCUT2D eigenvalue weighted by Crippen LogP contribution is -2.43. The third-order valence-corrected chi connectivity index (χ3v) is 8.05. The molecule has 1 N–H and O–H groups in total. The molecule has 2 amide bonds. The van der Waals surface area contributed by atoms with E-state index in [-0.39, 0.29) is 41.2 Å². The number of ether oxygens (including phenoxy) is 1. The molecular formula is C24H34N4O4. The zero-order chi connectivity index (χ0) is 22.2. The van der Waals surface area contributed by atoms with Gasteiger partial charge in [-0.05, 0) is 44.9 Å². The van der Waals surface area contributed by atoms with Gasteiger partial charge in [-0.3, -0.25) is 14.4 Å². The summed E-state index contributed by atoms with van der Waals surface area (Å²) < 4.78 is 5.49. The number of H-pyrrole nitrogens is 1. The Kier molecular flexibility index (Phi) is 6.05. The number of methoxy groups -OCH3 is 1. The van der Waals surface area contributed by atoms with Crippen molar-refractivity contribution in [1.29, 1.82) is 0 Å². The van der Waals surface area contributed by atoms with Crippen LogP contribution in [0.5, 0.6) is 0 Å². The summed E-state index contributed by atoms with van der Waals surface area (Å²) in [6, 6.07) is 0. The fraction of sp³-hybridized carbons (Fsp3) is 0.750. The predicted molar refractivity (Wildman–Crippen MR) is 118 cm³/mol. The molecule has 3 heterocycles. The molecule has 0 radical (unpaired) electrons. The summed E-state index contributed by atoms with van der Waals surface area (Å²) in [6.07, 6.45) is 8.43. The summed E-state index contributed by atoms with van der Waals surface area (Å²) in [6.45, 7) is 2.32. The maximum atomic E-state index is 13.1. The number of hydrogen-bond donors (Lipinski definition) is 1. The van der Waals surface area contributed by atoms with Gasteiger partial charge in [-0.2, -0.15) is 0 Å². The summed E-state index contributed by atoms with van der Waals surface area (Å²) in [5.41, 5.74) is 1.37. The van der Waals surface area contributed by atoms with Crippen LogP contribution >= 0.6 is 0 Å². The van der Waals surface area contributed by atoms with Crippen LogP contribution in [0.15, 0.2) is 4.79 Å². The average Bonchev–Trinajstić information content (AvgIpc) is 3.27. The first-order valence-electron chi connectivity index (χ1n) is 12.3. The highest BCUT2D eigenvalue weighted by Crippen LogP contribution is 2.32. The molecule has 2 aliphatic heterocycles. The van der Waals surface area contributed by atoms with Crippen molar-refractivity contribution >= 4 is 11.8 Å². The van der Waals surface area contributed by atoms with Crippen LogP contribution in [0, 0.1) is 11.8 Å².